The molecule has 1 aliphatic rings. The lowest BCUT2D eigenvalue weighted by atomic mass is 10.3. The van der Waals surface area contributed by atoms with Gasteiger partial charge in [0.15, 0.2) is 5.82 Å². The first-order valence-corrected chi connectivity index (χ1v) is 5.15. The number of carboxylic acid groups (broad SMARTS) is 1. The van der Waals surface area contributed by atoms with Crippen molar-refractivity contribution in [1.29, 1.82) is 0 Å². The van der Waals surface area contributed by atoms with Gasteiger partial charge in [0, 0.05) is 32.2 Å². The predicted octanol–water partition coefficient (Wildman–Crippen LogP) is -0.801. The predicted molar refractivity (Wildman–Crippen MR) is 59.3 cm³/mol. The molecule has 0 atom stereocenters. The Kier molecular flexibility index (Phi) is 2.95. The van der Waals surface area contributed by atoms with E-state index in [1.807, 2.05) is 4.90 Å². The van der Waals surface area contributed by atoms with E-state index in [0.29, 0.717) is 5.82 Å². The van der Waals surface area contributed by atoms with Gasteiger partial charge in [-0.15, -0.1) is 0 Å². The number of H-pyrrole nitrogens is 1. The summed E-state index contributed by atoms with van der Waals surface area (Å²) in [6, 6.07) is 1.78. The maximum absolute atomic E-state index is 10.5. The van der Waals surface area contributed by atoms with E-state index in [1.54, 1.807) is 6.07 Å². The normalized spacial score (nSPS) is 17.6. The number of hydrogen-bond donors (Lipinski definition) is 3. The van der Waals surface area contributed by atoms with Crippen molar-refractivity contribution >= 4 is 17.6 Å². The van der Waals surface area contributed by atoms with Crippen LogP contribution >= 0.6 is 0 Å². The van der Waals surface area contributed by atoms with Crippen LogP contribution in [0, 0.1) is 0 Å². The minimum absolute atomic E-state index is 0.108. The lowest BCUT2D eigenvalue weighted by Gasteiger charge is -2.33. The van der Waals surface area contributed by atoms with Crippen LogP contribution in [0.1, 0.15) is 0 Å². The number of carbonyl (C=O) groups is 1. The summed E-state index contributed by atoms with van der Waals surface area (Å²) in [6.07, 6.45) is 0. The maximum Gasteiger partial charge on any atom is 0.317 e. The molecule has 1 aliphatic heterocycles. The molecule has 16 heavy (non-hydrogen) atoms. The average molecular weight is 225 g/mol. The lowest BCUT2D eigenvalue weighted by Crippen LogP contribution is -2.48. The molecule has 1 aromatic rings. The summed E-state index contributed by atoms with van der Waals surface area (Å²) >= 11 is 0. The molecule has 0 spiro atoms. The number of rotatable bonds is 3. The van der Waals surface area contributed by atoms with Crippen molar-refractivity contribution in [3.8, 4) is 0 Å². The Hall–Kier alpha value is -1.76. The third-order valence-corrected chi connectivity index (χ3v) is 2.64. The van der Waals surface area contributed by atoms with E-state index in [-0.39, 0.29) is 6.54 Å². The molecule has 88 valence electrons. The molecule has 1 aromatic heterocycles. The van der Waals surface area contributed by atoms with E-state index in [2.05, 4.69) is 15.1 Å². The van der Waals surface area contributed by atoms with Crippen LogP contribution in [0.4, 0.5) is 11.6 Å². The van der Waals surface area contributed by atoms with Crippen molar-refractivity contribution in [2.75, 3.05) is 43.4 Å². The molecule has 1 fully saturated rings. The van der Waals surface area contributed by atoms with Gasteiger partial charge >= 0.3 is 5.97 Å². The summed E-state index contributed by atoms with van der Waals surface area (Å²) in [5.74, 6) is 0.591. The van der Waals surface area contributed by atoms with Crippen LogP contribution in [0.25, 0.3) is 0 Å². The Morgan fingerprint density at radius 1 is 1.50 bits per heavy atom. The molecule has 0 aliphatic carbocycles. The fraction of sp³-hybridized carbons (Fsp3) is 0.556. The van der Waals surface area contributed by atoms with Crippen LogP contribution in [0.2, 0.25) is 0 Å². The minimum Gasteiger partial charge on any atom is -0.480 e. The highest BCUT2D eigenvalue weighted by atomic mass is 16.4. The van der Waals surface area contributed by atoms with Gasteiger partial charge in [-0.3, -0.25) is 14.8 Å². The molecular weight excluding hydrogens is 210 g/mol. The molecular formula is C9H15N5O2. The first-order valence-electron chi connectivity index (χ1n) is 5.15. The van der Waals surface area contributed by atoms with Crippen LogP contribution in [0.5, 0.6) is 0 Å². The Morgan fingerprint density at radius 3 is 2.69 bits per heavy atom. The van der Waals surface area contributed by atoms with Crippen LogP contribution in [0.3, 0.4) is 0 Å². The standard InChI is InChI=1S/C9H15N5O2/c10-7-5-8(12-11-7)14-3-1-13(2-4-14)6-9(15)16/h5H,1-4,6H2,(H,15,16)(H3,10,11,12). The van der Waals surface area contributed by atoms with Crippen molar-refractivity contribution < 1.29 is 9.90 Å². The van der Waals surface area contributed by atoms with Crippen LogP contribution in [0.15, 0.2) is 6.07 Å². The summed E-state index contributed by atoms with van der Waals surface area (Å²) in [6.45, 7) is 3.13. The molecule has 1 saturated heterocycles. The van der Waals surface area contributed by atoms with Crippen LogP contribution < -0.4 is 10.6 Å². The molecule has 0 amide bonds. The Balaban J connectivity index is 1.87. The van der Waals surface area contributed by atoms with Crippen molar-refractivity contribution in [2.24, 2.45) is 0 Å². The van der Waals surface area contributed by atoms with Crippen molar-refractivity contribution in [2.45, 2.75) is 0 Å². The number of aliphatic carboxylic acids is 1. The Bertz CT molecular complexity index is 370. The summed E-state index contributed by atoms with van der Waals surface area (Å²) in [4.78, 5) is 14.5. The zero-order valence-electron chi connectivity index (χ0n) is 8.89. The van der Waals surface area contributed by atoms with E-state index >= 15 is 0 Å². The third-order valence-electron chi connectivity index (χ3n) is 2.64. The van der Waals surface area contributed by atoms with E-state index in [4.69, 9.17) is 10.8 Å². The maximum atomic E-state index is 10.5. The minimum atomic E-state index is -0.780. The molecule has 4 N–H and O–H groups in total. The fourth-order valence-electron chi connectivity index (χ4n) is 1.81. The van der Waals surface area contributed by atoms with Gasteiger partial charge in [0.25, 0.3) is 0 Å². The van der Waals surface area contributed by atoms with E-state index in [0.717, 1.165) is 32.0 Å². The molecule has 0 unspecified atom stereocenters. The van der Waals surface area contributed by atoms with Gasteiger partial charge in [0.1, 0.15) is 5.82 Å². The van der Waals surface area contributed by atoms with Crippen molar-refractivity contribution in [3.05, 3.63) is 6.07 Å². The molecule has 7 nitrogen and oxygen atoms in total. The largest absolute Gasteiger partial charge is 0.480 e. The monoisotopic (exact) mass is 225 g/mol. The highest BCUT2D eigenvalue weighted by Crippen LogP contribution is 2.15. The molecule has 0 radical (unpaired) electrons. The molecule has 7 heteroatoms. The topological polar surface area (TPSA) is 98.5 Å². The number of hydrogen-bond acceptors (Lipinski definition) is 5. The van der Waals surface area contributed by atoms with Gasteiger partial charge in [-0.1, -0.05) is 0 Å². The SMILES string of the molecule is Nc1cc(N2CCN(CC(=O)O)CC2)n[nH]1. The second-order valence-electron chi connectivity index (χ2n) is 3.84. The molecule has 0 aromatic carbocycles. The molecule has 0 saturated carbocycles. The van der Waals surface area contributed by atoms with Gasteiger partial charge in [0.05, 0.1) is 6.54 Å². The first kappa shape index (κ1) is 10.7. The quantitative estimate of drug-likeness (QED) is 0.623. The number of nitrogens with one attached hydrogen (secondary N) is 1. The van der Waals surface area contributed by atoms with Crippen LogP contribution in [-0.2, 0) is 4.79 Å². The van der Waals surface area contributed by atoms with E-state index in [1.165, 1.54) is 0 Å². The summed E-state index contributed by atoms with van der Waals surface area (Å²) in [5, 5.41) is 15.4. The van der Waals surface area contributed by atoms with Crippen molar-refractivity contribution in [1.82, 2.24) is 15.1 Å². The summed E-state index contributed by atoms with van der Waals surface area (Å²) < 4.78 is 0. The van der Waals surface area contributed by atoms with Gasteiger partial charge < -0.3 is 15.7 Å². The van der Waals surface area contributed by atoms with Gasteiger partial charge in [-0.2, -0.15) is 5.10 Å². The summed E-state index contributed by atoms with van der Waals surface area (Å²) in [7, 11) is 0. The highest BCUT2D eigenvalue weighted by molar-refractivity contribution is 5.69. The molecule has 0 bridgehead atoms. The van der Waals surface area contributed by atoms with Crippen molar-refractivity contribution in [3.63, 3.8) is 0 Å². The Labute approximate surface area is 92.8 Å². The summed E-state index contributed by atoms with van der Waals surface area (Å²) in [5.41, 5.74) is 5.55. The number of nitrogen functional groups attached to an aromatic ring is 1. The number of piperazine rings is 1. The van der Waals surface area contributed by atoms with E-state index < -0.39 is 5.97 Å². The lowest BCUT2D eigenvalue weighted by molar-refractivity contribution is -0.138. The highest BCUT2D eigenvalue weighted by Gasteiger charge is 2.19. The number of carboxylic acids is 1. The average Bonchev–Trinajstić information content (AvgIpc) is 2.65. The van der Waals surface area contributed by atoms with Crippen LogP contribution in [-0.4, -0.2) is 58.9 Å². The number of aromatic amines is 1. The fourth-order valence-corrected chi connectivity index (χ4v) is 1.81. The first-order chi connectivity index (χ1) is 7.65. The van der Waals surface area contributed by atoms with Gasteiger partial charge in [-0.05, 0) is 0 Å². The number of anilines is 2. The molecule has 2 rings (SSSR count). The zero-order chi connectivity index (χ0) is 11.5. The number of aromatic nitrogens is 2. The third kappa shape index (κ3) is 2.43. The number of nitrogens with two attached hydrogens (primary N) is 1. The van der Waals surface area contributed by atoms with Gasteiger partial charge in [0.2, 0.25) is 0 Å². The smallest absolute Gasteiger partial charge is 0.317 e. The molecule has 2 heterocycles. The van der Waals surface area contributed by atoms with E-state index in [9.17, 15) is 4.79 Å². The number of nitrogens with zero attached hydrogens (tertiary/aromatic N) is 3. The van der Waals surface area contributed by atoms with Gasteiger partial charge in [-0.25, -0.2) is 0 Å². The Morgan fingerprint density at radius 2 is 2.19 bits per heavy atom. The second-order valence-corrected chi connectivity index (χ2v) is 3.84. The second kappa shape index (κ2) is 4.40. The zero-order valence-corrected chi connectivity index (χ0v) is 8.89.